The van der Waals surface area contributed by atoms with Crippen LogP contribution in [0.1, 0.15) is 26.5 Å². The van der Waals surface area contributed by atoms with Gasteiger partial charge < -0.3 is 15.0 Å². The lowest BCUT2D eigenvalue weighted by Gasteiger charge is -2.13. The molecule has 4 aromatic rings. The van der Waals surface area contributed by atoms with Crippen LogP contribution in [0.25, 0.3) is 16.7 Å². The van der Waals surface area contributed by atoms with Crippen LogP contribution >= 0.6 is 0 Å². The van der Waals surface area contributed by atoms with Crippen molar-refractivity contribution in [2.45, 2.75) is 32.7 Å². The van der Waals surface area contributed by atoms with E-state index in [2.05, 4.69) is 20.4 Å². The monoisotopic (exact) mass is 410 g/mol. The number of nitrogens with zero attached hydrogens (tertiary/aromatic N) is 5. The van der Waals surface area contributed by atoms with Crippen LogP contribution in [-0.4, -0.2) is 35.2 Å². The molecule has 9 nitrogen and oxygen atoms in total. The van der Waals surface area contributed by atoms with Crippen LogP contribution in [0, 0.1) is 5.82 Å². The van der Waals surface area contributed by atoms with Gasteiger partial charge in [0.2, 0.25) is 11.8 Å². The lowest BCUT2D eigenvalue weighted by Crippen LogP contribution is -2.25. The minimum atomic E-state index is -0.519. The number of fused-ring (bicyclic) bond motifs is 2. The van der Waals surface area contributed by atoms with E-state index in [0.717, 1.165) is 6.20 Å². The van der Waals surface area contributed by atoms with Crippen molar-refractivity contribution in [2.24, 2.45) is 0 Å². The lowest BCUT2D eigenvalue weighted by atomic mass is 9.93. The number of halogens is 1. The zero-order chi connectivity index (χ0) is 21.6. The molecule has 0 aliphatic heterocycles. The Hall–Kier alpha value is -3.82. The molecule has 10 heteroatoms. The van der Waals surface area contributed by atoms with Gasteiger partial charge in [0.1, 0.15) is 23.8 Å². The fourth-order valence-corrected chi connectivity index (χ4v) is 3.04. The van der Waals surface area contributed by atoms with E-state index in [9.17, 15) is 19.1 Å². The van der Waals surface area contributed by atoms with Crippen molar-refractivity contribution in [2.75, 3.05) is 5.32 Å². The fraction of sp³-hybridized carbons (Fsp3) is 0.250. The number of anilines is 1. The minimum absolute atomic E-state index is 0.148. The first-order valence-electron chi connectivity index (χ1n) is 9.18. The Morgan fingerprint density at radius 3 is 2.67 bits per heavy atom. The Bertz CT molecular complexity index is 1340. The number of nitrogens with one attached hydrogen (secondary N) is 1. The Morgan fingerprint density at radius 1 is 1.23 bits per heavy atom. The lowest BCUT2D eigenvalue weighted by molar-refractivity contribution is -0.116. The summed E-state index contributed by atoms with van der Waals surface area (Å²) >= 11 is 0. The molecule has 0 unspecified atom stereocenters. The highest BCUT2D eigenvalue weighted by Crippen LogP contribution is 2.23. The van der Waals surface area contributed by atoms with Gasteiger partial charge in [-0.25, -0.2) is 9.37 Å². The number of carbonyl (C=O) groups excluding carboxylic acids is 1. The number of aromatic nitrogens is 5. The highest BCUT2D eigenvalue weighted by molar-refractivity contribution is 5.91. The zero-order valence-electron chi connectivity index (χ0n) is 16.5. The molecular formula is C20H19FN6O3. The van der Waals surface area contributed by atoms with Crippen LogP contribution < -0.4 is 10.9 Å². The molecule has 0 saturated carbocycles. The van der Waals surface area contributed by atoms with Gasteiger partial charge in [-0.3, -0.25) is 9.59 Å². The van der Waals surface area contributed by atoms with E-state index >= 15 is 0 Å². The van der Waals surface area contributed by atoms with Gasteiger partial charge >= 0.3 is 0 Å². The van der Waals surface area contributed by atoms with Gasteiger partial charge in [0.15, 0.2) is 5.65 Å². The standard InChI is InChI=1S/C20H19FN6O3/c1-20(2,3)13-8-17-26(10-16(29)23-14-6-4-11(21)9-22-14)18-12(5-7-15(28)24-18)19(30)27(17)25-13/h4-9H,10H2,1-3H3,(H,24,28)(H,22,23,29). The van der Waals surface area contributed by atoms with E-state index in [4.69, 9.17) is 0 Å². The molecule has 1 amide bonds. The summed E-state index contributed by atoms with van der Waals surface area (Å²) in [6.45, 7) is 5.64. The molecule has 4 rings (SSSR count). The summed E-state index contributed by atoms with van der Waals surface area (Å²) in [7, 11) is 0. The fourth-order valence-electron chi connectivity index (χ4n) is 3.04. The van der Waals surface area contributed by atoms with Crippen LogP contribution in [0.5, 0.6) is 5.88 Å². The molecule has 0 spiro atoms. The number of aromatic hydroxyl groups is 1. The summed E-state index contributed by atoms with van der Waals surface area (Å²) in [5, 5.41) is 17.1. The summed E-state index contributed by atoms with van der Waals surface area (Å²) in [6, 6.07) is 6.98. The Kier molecular flexibility index (Phi) is 4.49. The normalized spacial score (nSPS) is 11.9. The largest absolute Gasteiger partial charge is 0.493 e. The van der Waals surface area contributed by atoms with Crippen LogP contribution in [0.4, 0.5) is 10.2 Å². The van der Waals surface area contributed by atoms with Crippen molar-refractivity contribution in [3.63, 3.8) is 0 Å². The summed E-state index contributed by atoms with van der Waals surface area (Å²) in [4.78, 5) is 33.5. The maximum Gasteiger partial charge on any atom is 0.283 e. The first-order valence-corrected chi connectivity index (χ1v) is 9.18. The summed E-state index contributed by atoms with van der Waals surface area (Å²) in [5.74, 6) is -1.09. The number of hydrogen-bond acceptors (Lipinski definition) is 6. The predicted molar refractivity (Wildman–Crippen MR) is 108 cm³/mol. The molecular weight excluding hydrogens is 391 g/mol. The third-order valence-electron chi connectivity index (χ3n) is 4.57. The second-order valence-corrected chi connectivity index (χ2v) is 7.89. The number of carbonyl (C=O) groups is 1. The minimum Gasteiger partial charge on any atom is -0.493 e. The van der Waals surface area contributed by atoms with E-state index < -0.39 is 17.3 Å². The van der Waals surface area contributed by atoms with Crippen molar-refractivity contribution in [3.8, 4) is 5.88 Å². The average molecular weight is 410 g/mol. The Morgan fingerprint density at radius 2 is 2.00 bits per heavy atom. The molecule has 0 aliphatic rings. The molecule has 4 aromatic heterocycles. The maximum atomic E-state index is 13.0. The summed E-state index contributed by atoms with van der Waals surface area (Å²) < 4.78 is 15.8. The van der Waals surface area contributed by atoms with E-state index in [1.807, 2.05) is 20.8 Å². The first kappa shape index (κ1) is 19.5. The van der Waals surface area contributed by atoms with Gasteiger partial charge in [0.05, 0.1) is 17.3 Å². The molecule has 0 aromatic carbocycles. The van der Waals surface area contributed by atoms with E-state index in [1.54, 1.807) is 6.07 Å². The third kappa shape index (κ3) is 3.47. The highest BCUT2D eigenvalue weighted by Gasteiger charge is 2.22. The van der Waals surface area contributed by atoms with Gasteiger partial charge in [-0.15, -0.1) is 0 Å². The van der Waals surface area contributed by atoms with Crippen LogP contribution in [0.3, 0.4) is 0 Å². The number of rotatable bonds is 3. The molecule has 154 valence electrons. The Balaban J connectivity index is 1.86. The van der Waals surface area contributed by atoms with Crippen LogP contribution in [0.2, 0.25) is 0 Å². The Labute approximate surface area is 169 Å². The first-order chi connectivity index (χ1) is 14.1. The molecule has 4 heterocycles. The molecule has 0 aliphatic carbocycles. The predicted octanol–water partition coefficient (Wildman–Crippen LogP) is 2.22. The smallest absolute Gasteiger partial charge is 0.283 e. The van der Waals surface area contributed by atoms with E-state index in [-0.39, 0.29) is 34.7 Å². The quantitative estimate of drug-likeness (QED) is 0.535. The molecule has 2 N–H and O–H groups in total. The van der Waals surface area contributed by atoms with Gasteiger partial charge in [0, 0.05) is 17.5 Å². The maximum absolute atomic E-state index is 13.0. The van der Waals surface area contributed by atoms with Crippen molar-refractivity contribution in [1.82, 2.24) is 24.1 Å². The third-order valence-corrected chi connectivity index (χ3v) is 4.57. The van der Waals surface area contributed by atoms with Crippen molar-refractivity contribution < 1.29 is 14.3 Å². The van der Waals surface area contributed by atoms with Crippen molar-refractivity contribution in [3.05, 3.63) is 58.4 Å². The SMILES string of the molecule is CC(C)(C)c1cc2n(CC(=O)Nc3ccc(F)cn3)c3nc(O)ccc3c(=O)n2n1. The van der Waals surface area contributed by atoms with E-state index in [0.29, 0.717) is 11.3 Å². The van der Waals surface area contributed by atoms with Crippen molar-refractivity contribution >= 4 is 28.4 Å². The topological polar surface area (TPSA) is 114 Å². The molecule has 0 bridgehead atoms. The second kappa shape index (κ2) is 6.90. The second-order valence-electron chi connectivity index (χ2n) is 7.89. The molecule has 30 heavy (non-hydrogen) atoms. The van der Waals surface area contributed by atoms with Crippen molar-refractivity contribution in [1.29, 1.82) is 0 Å². The van der Waals surface area contributed by atoms with Gasteiger partial charge in [-0.1, -0.05) is 20.8 Å². The van der Waals surface area contributed by atoms with E-state index in [1.165, 1.54) is 33.3 Å². The molecule has 0 radical (unpaired) electrons. The van der Waals surface area contributed by atoms with Crippen LogP contribution in [-0.2, 0) is 16.8 Å². The zero-order valence-corrected chi connectivity index (χ0v) is 16.5. The number of pyridine rings is 2. The number of amides is 1. The summed E-state index contributed by atoms with van der Waals surface area (Å²) in [6.07, 6.45) is 0.995. The van der Waals surface area contributed by atoms with Gasteiger partial charge in [-0.2, -0.15) is 14.6 Å². The summed E-state index contributed by atoms with van der Waals surface area (Å²) in [5.41, 5.74) is 0.430. The van der Waals surface area contributed by atoms with Gasteiger partial charge in [0.25, 0.3) is 5.56 Å². The average Bonchev–Trinajstić information content (AvgIpc) is 3.13. The number of hydrogen-bond donors (Lipinski definition) is 2. The highest BCUT2D eigenvalue weighted by atomic mass is 19.1. The molecule has 0 fully saturated rings. The molecule has 0 saturated heterocycles. The van der Waals surface area contributed by atoms with Crippen LogP contribution in [0.15, 0.2) is 41.3 Å². The van der Waals surface area contributed by atoms with Gasteiger partial charge in [-0.05, 0) is 18.2 Å². The molecule has 0 atom stereocenters.